The highest BCUT2D eigenvalue weighted by atomic mass is 35.5. The third-order valence-electron chi connectivity index (χ3n) is 6.88. The number of thiazole rings is 1. The van der Waals surface area contributed by atoms with Crippen LogP contribution in [0.5, 0.6) is 5.75 Å². The maximum atomic E-state index is 13.2. The zero-order valence-electron chi connectivity index (χ0n) is 23.1. The van der Waals surface area contributed by atoms with E-state index in [1.807, 2.05) is 18.2 Å². The largest absolute Gasteiger partial charge is 0.491 e. The molecule has 0 unspecified atom stereocenters. The minimum atomic E-state index is -0.214. The molecule has 1 aromatic heterocycles. The molecule has 1 N–H and O–H groups in total. The molecule has 0 bridgehead atoms. The number of unbranched alkanes of at least 4 members (excludes halogenated alkanes) is 11. The third-order valence-corrected chi connectivity index (χ3v) is 8.01. The van der Waals surface area contributed by atoms with Crippen LogP contribution >= 0.6 is 22.9 Å². The Morgan fingerprint density at radius 3 is 2.24 bits per heavy atom. The minimum absolute atomic E-state index is 0.214. The molecule has 0 saturated heterocycles. The molecule has 3 rings (SSSR count). The summed E-state index contributed by atoms with van der Waals surface area (Å²) in [5.74, 6) is 0.254. The summed E-state index contributed by atoms with van der Waals surface area (Å²) in [7, 11) is 0. The highest BCUT2D eigenvalue weighted by Crippen LogP contribution is 2.30. The van der Waals surface area contributed by atoms with Crippen LogP contribution < -0.4 is 14.6 Å². The summed E-state index contributed by atoms with van der Waals surface area (Å²) >= 11 is 8.16. The van der Waals surface area contributed by atoms with Gasteiger partial charge in [0.2, 0.25) is 5.01 Å². The predicted octanol–water partition coefficient (Wildman–Crippen LogP) is 9.38. The zero-order valence-corrected chi connectivity index (χ0v) is 24.7. The lowest BCUT2D eigenvalue weighted by atomic mass is 10.1. The van der Waals surface area contributed by atoms with Crippen molar-refractivity contribution in [1.29, 1.82) is 0 Å². The van der Waals surface area contributed by atoms with Crippen LogP contribution in [0.15, 0.2) is 54.0 Å². The molecule has 206 valence electrons. The van der Waals surface area contributed by atoms with Crippen molar-refractivity contribution in [2.24, 2.45) is 0 Å². The lowest BCUT2D eigenvalue weighted by Crippen LogP contribution is -2.34. The van der Waals surface area contributed by atoms with E-state index in [1.165, 1.54) is 69.2 Å². The molecule has 3 aromatic rings. The number of ether oxygens (including phenoxy) is 1. The van der Waals surface area contributed by atoms with Crippen molar-refractivity contribution in [2.75, 3.05) is 11.9 Å². The maximum Gasteiger partial charge on any atom is 0.259 e. The van der Waals surface area contributed by atoms with Crippen LogP contribution in [0.4, 0.5) is 5.69 Å². The quantitative estimate of drug-likeness (QED) is 0.125. The maximum absolute atomic E-state index is 13.2. The van der Waals surface area contributed by atoms with Crippen LogP contribution in [-0.4, -0.2) is 12.5 Å². The lowest BCUT2D eigenvalue weighted by Gasteiger charge is -2.13. The highest BCUT2D eigenvalue weighted by Gasteiger charge is 2.17. The standard InChI is InChI=1S/C32H43ClN2O2S/c1-3-4-5-6-7-8-9-10-11-12-13-14-22-37-31-29(19-16-20-30(31)33)32(36)34-28-18-15-17-27(24-28)25-35-21-23-38-26(35)2/h15-21,23-24H,3-14,22,25H2,1-2H3/p+1. The van der Waals surface area contributed by atoms with E-state index in [2.05, 4.69) is 41.4 Å². The van der Waals surface area contributed by atoms with Crippen molar-refractivity contribution in [3.63, 3.8) is 0 Å². The molecule has 0 aliphatic carbocycles. The number of hydrogen-bond donors (Lipinski definition) is 1. The Labute approximate surface area is 238 Å². The number of carbonyl (C=O) groups excluding carboxylic acids is 1. The first kappa shape index (κ1) is 30.2. The second-order valence-corrected chi connectivity index (χ2v) is 11.6. The third kappa shape index (κ3) is 10.4. The number of carbonyl (C=O) groups is 1. The van der Waals surface area contributed by atoms with Crippen LogP contribution in [0.2, 0.25) is 5.02 Å². The molecule has 0 spiro atoms. The molecule has 1 heterocycles. The van der Waals surface area contributed by atoms with Crippen LogP contribution in [-0.2, 0) is 6.54 Å². The fourth-order valence-corrected chi connectivity index (χ4v) is 5.53. The number of hydrogen-bond acceptors (Lipinski definition) is 3. The van der Waals surface area contributed by atoms with Gasteiger partial charge in [-0.15, -0.1) is 0 Å². The first-order valence-electron chi connectivity index (χ1n) is 14.3. The molecule has 2 aromatic carbocycles. The first-order valence-corrected chi connectivity index (χ1v) is 15.6. The number of aromatic nitrogens is 1. The number of halogens is 1. The summed E-state index contributed by atoms with van der Waals surface area (Å²) < 4.78 is 8.23. The predicted molar refractivity (Wildman–Crippen MR) is 161 cm³/mol. The molecule has 0 aliphatic heterocycles. The van der Waals surface area contributed by atoms with Crippen molar-refractivity contribution >= 4 is 34.5 Å². The van der Waals surface area contributed by atoms with Gasteiger partial charge in [-0.1, -0.05) is 119 Å². The average molecular weight is 556 g/mol. The van der Waals surface area contributed by atoms with E-state index in [9.17, 15) is 4.79 Å². The van der Waals surface area contributed by atoms with Crippen LogP contribution in [0.1, 0.15) is 105 Å². The minimum Gasteiger partial charge on any atom is -0.491 e. The Morgan fingerprint density at radius 2 is 1.58 bits per heavy atom. The molecule has 0 radical (unpaired) electrons. The van der Waals surface area contributed by atoms with Gasteiger partial charge in [0.25, 0.3) is 5.91 Å². The topological polar surface area (TPSA) is 42.2 Å². The summed E-state index contributed by atoms with van der Waals surface area (Å²) in [5, 5.41) is 6.82. The van der Waals surface area contributed by atoms with Gasteiger partial charge in [-0.25, -0.2) is 0 Å². The van der Waals surface area contributed by atoms with Crippen molar-refractivity contribution in [1.82, 2.24) is 0 Å². The second kappa shape index (κ2) is 17.3. The molecule has 4 nitrogen and oxygen atoms in total. The lowest BCUT2D eigenvalue weighted by molar-refractivity contribution is -0.689. The molecule has 0 saturated carbocycles. The van der Waals surface area contributed by atoms with E-state index >= 15 is 0 Å². The van der Waals surface area contributed by atoms with Gasteiger partial charge in [-0.3, -0.25) is 4.79 Å². The number of nitrogens with zero attached hydrogens (tertiary/aromatic N) is 1. The smallest absolute Gasteiger partial charge is 0.259 e. The molecule has 1 amide bonds. The molecule has 6 heteroatoms. The second-order valence-electron chi connectivity index (χ2n) is 10.1. The normalized spacial score (nSPS) is 11.0. The number of amides is 1. The van der Waals surface area contributed by atoms with Gasteiger partial charge < -0.3 is 10.1 Å². The molecule has 0 atom stereocenters. The van der Waals surface area contributed by atoms with Crippen molar-refractivity contribution in [3.05, 3.63) is 75.2 Å². The van der Waals surface area contributed by atoms with Gasteiger partial charge in [-0.05, 0) is 30.7 Å². The Morgan fingerprint density at radius 1 is 0.921 bits per heavy atom. The van der Waals surface area contributed by atoms with Crippen LogP contribution in [0.25, 0.3) is 0 Å². The monoisotopic (exact) mass is 555 g/mol. The Bertz CT molecular complexity index is 1110. The van der Waals surface area contributed by atoms with E-state index in [4.69, 9.17) is 16.3 Å². The number of anilines is 1. The molecular weight excluding hydrogens is 512 g/mol. The SMILES string of the molecule is CCCCCCCCCCCCCCOc1c(Cl)cccc1C(=O)Nc1cccc(C[n+]2ccsc2C)c1. The van der Waals surface area contributed by atoms with Gasteiger partial charge in [0.1, 0.15) is 0 Å². The number of rotatable bonds is 18. The van der Waals surface area contributed by atoms with Gasteiger partial charge >= 0.3 is 0 Å². The van der Waals surface area contributed by atoms with Gasteiger partial charge in [-0.2, -0.15) is 4.57 Å². The van der Waals surface area contributed by atoms with Gasteiger partial charge in [0.15, 0.2) is 18.5 Å². The van der Waals surface area contributed by atoms with E-state index < -0.39 is 0 Å². The fourth-order valence-electron chi connectivity index (χ4n) is 4.63. The summed E-state index contributed by atoms with van der Waals surface area (Å²) in [5.41, 5.74) is 2.35. The van der Waals surface area contributed by atoms with E-state index in [0.29, 0.717) is 22.9 Å². The number of para-hydroxylation sites is 1. The highest BCUT2D eigenvalue weighted by molar-refractivity contribution is 7.09. The molecule has 38 heavy (non-hydrogen) atoms. The van der Waals surface area contributed by atoms with E-state index in [-0.39, 0.29) is 5.91 Å². The molecular formula is C32H44ClN2O2S+. The molecule has 0 fully saturated rings. The Kier molecular flexibility index (Phi) is 13.7. The number of aryl methyl sites for hydroxylation is 1. The zero-order chi connectivity index (χ0) is 27.0. The van der Waals surface area contributed by atoms with Gasteiger partial charge in [0.05, 0.1) is 22.6 Å². The average Bonchev–Trinajstić information content (AvgIpc) is 3.31. The summed E-state index contributed by atoms with van der Waals surface area (Å²) in [6.07, 6.45) is 17.6. The summed E-state index contributed by atoms with van der Waals surface area (Å²) in [6, 6.07) is 13.3. The van der Waals surface area contributed by atoms with Crippen LogP contribution in [0.3, 0.4) is 0 Å². The first-order chi connectivity index (χ1) is 18.6. The summed E-state index contributed by atoms with van der Waals surface area (Å²) in [4.78, 5) is 13.2. The van der Waals surface area contributed by atoms with Crippen molar-refractivity contribution in [3.8, 4) is 5.75 Å². The fraction of sp³-hybridized carbons (Fsp3) is 0.500. The molecule has 0 aliphatic rings. The number of nitrogens with one attached hydrogen (secondary N) is 1. The van der Waals surface area contributed by atoms with Crippen molar-refractivity contribution in [2.45, 2.75) is 97.4 Å². The number of benzene rings is 2. The van der Waals surface area contributed by atoms with Gasteiger partial charge in [0, 0.05) is 18.2 Å². The Balaban J connectivity index is 1.41. The van der Waals surface area contributed by atoms with E-state index in [1.54, 1.807) is 29.5 Å². The van der Waals surface area contributed by atoms with Crippen molar-refractivity contribution < 1.29 is 14.1 Å². The van der Waals surface area contributed by atoms with Crippen LogP contribution in [0, 0.1) is 6.92 Å². The summed E-state index contributed by atoms with van der Waals surface area (Å²) in [6.45, 7) is 5.70. The van der Waals surface area contributed by atoms with E-state index in [0.717, 1.165) is 30.6 Å². The Hall–Kier alpha value is -2.37.